The van der Waals surface area contributed by atoms with Crippen LogP contribution < -0.4 is 0 Å². The van der Waals surface area contributed by atoms with Gasteiger partial charge in [-0.15, -0.1) is 0 Å². The summed E-state index contributed by atoms with van der Waals surface area (Å²) < 4.78 is 0. The lowest BCUT2D eigenvalue weighted by molar-refractivity contribution is 1.29. The van der Waals surface area contributed by atoms with Crippen LogP contribution in [0.25, 0.3) is 23.2 Å². The molecule has 1 N–H and O–H groups in total. The SMILES string of the molecule is Cc1ccc2nc(C=Cc3ccncc3)[nH]c2c1. The molecular formula is C15H13N3. The molecule has 0 radical (unpaired) electrons. The molecule has 3 nitrogen and oxygen atoms in total. The van der Waals surface area contributed by atoms with Crippen molar-refractivity contribution in [2.24, 2.45) is 0 Å². The van der Waals surface area contributed by atoms with Crippen LogP contribution in [-0.2, 0) is 0 Å². The minimum Gasteiger partial charge on any atom is -0.338 e. The van der Waals surface area contributed by atoms with Gasteiger partial charge < -0.3 is 4.98 Å². The number of hydrogen-bond acceptors (Lipinski definition) is 2. The van der Waals surface area contributed by atoms with E-state index in [1.54, 1.807) is 12.4 Å². The van der Waals surface area contributed by atoms with Gasteiger partial charge in [0.05, 0.1) is 11.0 Å². The van der Waals surface area contributed by atoms with Crippen molar-refractivity contribution in [3.05, 3.63) is 59.7 Å². The lowest BCUT2D eigenvalue weighted by Crippen LogP contribution is -1.75. The summed E-state index contributed by atoms with van der Waals surface area (Å²) in [6.07, 6.45) is 7.56. The van der Waals surface area contributed by atoms with Gasteiger partial charge in [-0.05, 0) is 48.4 Å². The Balaban J connectivity index is 1.93. The zero-order chi connectivity index (χ0) is 12.4. The van der Waals surface area contributed by atoms with E-state index in [4.69, 9.17) is 0 Å². The number of nitrogens with zero attached hydrogens (tertiary/aromatic N) is 2. The molecule has 0 atom stereocenters. The number of aromatic amines is 1. The summed E-state index contributed by atoms with van der Waals surface area (Å²) in [5.41, 5.74) is 4.41. The van der Waals surface area contributed by atoms with Crippen LogP contribution in [0.15, 0.2) is 42.7 Å². The number of aryl methyl sites for hydroxylation is 1. The van der Waals surface area contributed by atoms with E-state index in [1.807, 2.05) is 30.4 Å². The first kappa shape index (κ1) is 10.7. The average Bonchev–Trinajstić information content (AvgIpc) is 2.79. The van der Waals surface area contributed by atoms with Crippen molar-refractivity contribution in [3.8, 4) is 0 Å². The predicted octanol–water partition coefficient (Wildman–Crippen LogP) is 3.44. The molecule has 0 spiro atoms. The number of imidazole rings is 1. The highest BCUT2D eigenvalue weighted by atomic mass is 14.9. The highest BCUT2D eigenvalue weighted by Gasteiger charge is 1.99. The number of H-pyrrole nitrogens is 1. The zero-order valence-corrected chi connectivity index (χ0v) is 10.1. The molecule has 2 aromatic heterocycles. The van der Waals surface area contributed by atoms with Crippen LogP contribution in [-0.4, -0.2) is 15.0 Å². The highest BCUT2D eigenvalue weighted by molar-refractivity contribution is 5.79. The van der Waals surface area contributed by atoms with Crippen LogP contribution in [0.1, 0.15) is 17.0 Å². The van der Waals surface area contributed by atoms with Crippen molar-refractivity contribution < 1.29 is 0 Å². The molecular weight excluding hydrogens is 222 g/mol. The van der Waals surface area contributed by atoms with Gasteiger partial charge in [-0.25, -0.2) is 4.98 Å². The molecule has 88 valence electrons. The molecule has 0 aliphatic rings. The van der Waals surface area contributed by atoms with Crippen molar-refractivity contribution in [1.29, 1.82) is 0 Å². The van der Waals surface area contributed by atoms with Crippen molar-refractivity contribution in [2.45, 2.75) is 6.92 Å². The number of rotatable bonds is 2. The minimum absolute atomic E-state index is 0.868. The summed E-state index contributed by atoms with van der Waals surface area (Å²) >= 11 is 0. The molecule has 3 aromatic rings. The topological polar surface area (TPSA) is 41.6 Å². The second-order valence-corrected chi connectivity index (χ2v) is 4.26. The average molecular weight is 235 g/mol. The summed E-state index contributed by atoms with van der Waals surface area (Å²) in [6, 6.07) is 10.1. The summed E-state index contributed by atoms with van der Waals surface area (Å²) in [5, 5.41) is 0. The fourth-order valence-electron chi connectivity index (χ4n) is 1.87. The molecule has 0 saturated heterocycles. The van der Waals surface area contributed by atoms with Gasteiger partial charge in [-0.1, -0.05) is 12.1 Å². The monoisotopic (exact) mass is 235 g/mol. The van der Waals surface area contributed by atoms with Gasteiger partial charge in [-0.2, -0.15) is 0 Å². The first-order valence-corrected chi connectivity index (χ1v) is 5.86. The van der Waals surface area contributed by atoms with Crippen LogP contribution in [0, 0.1) is 6.92 Å². The predicted molar refractivity (Wildman–Crippen MR) is 74.0 cm³/mol. The van der Waals surface area contributed by atoms with Gasteiger partial charge >= 0.3 is 0 Å². The summed E-state index contributed by atoms with van der Waals surface area (Å²) in [4.78, 5) is 11.8. The first-order valence-electron chi connectivity index (χ1n) is 5.86. The maximum Gasteiger partial charge on any atom is 0.131 e. The van der Waals surface area contributed by atoms with Crippen molar-refractivity contribution >= 4 is 23.2 Å². The Morgan fingerprint density at radius 1 is 1.06 bits per heavy atom. The van der Waals surface area contributed by atoms with Crippen LogP contribution in [0.5, 0.6) is 0 Å². The Morgan fingerprint density at radius 3 is 2.72 bits per heavy atom. The lowest BCUT2D eigenvalue weighted by atomic mass is 10.2. The number of aromatic nitrogens is 3. The summed E-state index contributed by atoms with van der Waals surface area (Å²) in [5.74, 6) is 0.868. The van der Waals surface area contributed by atoms with Gasteiger partial charge in [0.25, 0.3) is 0 Å². The van der Waals surface area contributed by atoms with Crippen LogP contribution in [0.3, 0.4) is 0 Å². The van der Waals surface area contributed by atoms with Crippen LogP contribution in [0.2, 0.25) is 0 Å². The molecule has 2 heterocycles. The van der Waals surface area contributed by atoms with E-state index in [2.05, 4.69) is 34.0 Å². The van der Waals surface area contributed by atoms with E-state index in [0.717, 1.165) is 22.4 Å². The molecule has 0 aliphatic carbocycles. The number of pyridine rings is 1. The Hall–Kier alpha value is -2.42. The molecule has 0 amide bonds. The molecule has 3 rings (SSSR count). The third-order valence-electron chi connectivity index (χ3n) is 2.80. The van der Waals surface area contributed by atoms with E-state index in [1.165, 1.54) is 5.56 Å². The molecule has 0 bridgehead atoms. The largest absolute Gasteiger partial charge is 0.338 e. The second-order valence-electron chi connectivity index (χ2n) is 4.26. The fourth-order valence-corrected chi connectivity index (χ4v) is 1.87. The van der Waals surface area contributed by atoms with Crippen molar-refractivity contribution in [1.82, 2.24) is 15.0 Å². The van der Waals surface area contributed by atoms with Crippen LogP contribution >= 0.6 is 0 Å². The van der Waals surface area contributed by atoms with E-state index >= 15 is 0 Å². The lowest BCUT2D eigenvalue weighted by Gasteiger charge is -1.89. The minimum atomic E-state index is 0.868. The highest BCUT2D eigenvalue weighted by Crippen LogP contribution is 2.14. The van der Waals surface area contributed by atoms with Gasteiger partial charge in [0, 0.05) is 12.4 Å². The van der Waals surface area contributed by atoms with Gasteiger partial charge in [-0.3, -0.25) is 4.98 Å². The first-order chi connectivity index (χ1) is 8.81. The molecule has 0 saturated carbocycles. The van der Waals surface area contributed by atoms with Gasteiger partial charge in [0.15, 0.2) is 0 Å². The Morgan fingerprint density at radius 2 is 1.89 bits per heavy atom. The number of fused-ring (bicyclic) bond motifs is 1. The summed E-state index contributed by atoms with van der Waals surface area (Å²) in [7, 11) is 0. The molecule has 0 unspecified atom stereocenters. The molecule has 0 aliphatic heterocycles. The van der Waals surface area contributed by atoms with Gasteiger partial charge in [0.2, 0.25) is 0 Å². The maximum atomic E-state index is 4.51. The quantitative estimate of drug-likeness (QED) is 0.739. The number of nitrogens with one attached hydrogen (secondary N) is 1. The third-order valence-corrected chi connectivity index (χ3v) is 2.80. The van der Waals surface area contributed by atoms with Crippen molar-refractivity contribution in [2.75, 3.05) is 0 Å². The van der Waals surface area contributed by atoms with E-state index in [9.17, 15) is 0 Å². The normalized spacial score (nSPS) is 11.4. The van der Waals surface area contributed by atoms with E-state index in [-0.39, 0.29) is 0 Å². The standard InChI is InChI=1S/C15H13N3/c1-11-2-4-13-14(10-11)18-15(17-13)5-3-12-6-8-16-9-7-12/h2-10H,1H3,(H,17,18). The molecule has 18 heavy (non-hydrogen) atoms. The Bertz CT molecular complexity index is 696. The zero-order valence-electron chi connectivity index (χ0n) is 10.1. The summed E-state index contributed by atoms with van der Waals surface area (Å²) in [6.45, 7) is 2.08. The van der Waals surface area contributed by atoms with Crippen molar-refractivity contribution in [3.63, 3.8) is 0 Å². The fraction of sp³-hybridized carbons (Fsp3) is 0.0667. The van der Waals surface area contributed by atoms with E-state index < -0.39 is 0 Å². The second kappa shape index (κ2) is 4.45. The Kier molecular flexibility index (Phi) is 2.65. The molecule has 1 aromatic carbocycles. The molecule has 3 heteroatoms. The number of hydrogen-bond donors (Lipinski definition) is 1. The third kappa shape index (κ3) is 2.15. The van der Waals surface area contributed by atoms with Gasteiger partial charge in [0.1, 0.15) is 5.82 Å². The maximum absolute atomic E-state index is 4.51. The molecule has 0 fully saturated rings. The Labute approximate surface area is 105 Å². The van der Waals surface area contributed by atoms with E-state index in [0.29, 0.717) is 0 Å². The smallest absolute Gasteiger partial charge is 0.131 e. The number of benzene rings is 1. The van der Waals surface area contributed by atoms with Crippen LogP contribution in [0.4, 0.5) is 0 Å².